The van der Waals surface area contributed by atoms with Crippen LogP contribution in [0.15, 0.2) is 0 Å². The topological polar surface area (TPSA) is 99.4 Å². The Morgan fingerprint density at radius 2 is 1.77 bits per heavy atom. The van der Waals surface area contributed by atoms with Gasteiger partial charge in [-0.15, -0.1) is 0 Å². The molecule has 1 saturated heterocycles. The average Bonchev–Trinajstić information content (AvgIpc) is 2.15. The first-order valence-electron chi connectivity index (χ1n) is 3.95. The number of rotatable bonds is 2. The minimum atomic E-state index is -1.36. The quantitative estimate of drug-likeness (QED) is 0.386. The van der Waals surface area contributed by atoms with Crippen LogP contribution in [0.1, 0.15) is 0 Å². The van der Waals surface area contributed by atoms with Gasteiger partial charge in [0.2, 0.25) is 0 Å². The molecule has 6 nitrogen and oxygen atoms in total. The van der Waals surface area contributed by atoms with Crippen LogP contribution in [0.25, 0.3) is 0 Å². The van der Waals surface area contributed by atoms with Crippen LogP contribution in [-0.2, 0) is 9.47 Å². The lowest BCUT2D eigenvalue weighted by atomic mass is 9.99. The second-order valence-corrected chi connectivity index (χ2v) is 2.93. The molecule has 0 amide bonds. The maximum Gasteiger partial charge on any atom is 0.186 e. The number of aliphatic hydroxyl groups excluding tert-OH is 4. The Labute approximate surface area is 75.3 Å². The molecular weight excluding hydrogens is 180 g/mol. The normalized spacial score (nSPS) is 46.4. The molecule has 1 heterocycles. The Hall–Kier alpha value is -0.240. The van der Waals surface area contributed by atoms with Gasteiger partial charge in [0.05, 0.1) is 6.61 Å². The SMILES string of the molecule is COC1O[C@H](CO)[C@H](O)[C@H](O)[C@H]1O. The molecule has 0 aromatic carbocycles. The molecule has 0 aromatic rings. The summed E-state index contributed by atoms with van der Waals surface area (Å²) in [6.07, 6.45) is -5.91. The van der Waals surface area contributed by atoms with E-state index in [0.717, 1.165) is 0 Å². The predicted molar refractivity (Wildman–Crippen MR) is 40.8 cm³/mol. The van der Waals surface area contributed by atoms with Crippen molar-refractivity contribution < 1.29 is 29.9 Å². The van der Waals surface area contributed by atoms with Crippen molar-refractivity contribution in [2.45, 2.75) is 30.7 Å². The van der Waals surface area contributed by atoms with E-state index in [1.54, 1.807) is 0 Å². The fourth-order valence-corrected chi connectivity index (χ4v) is 1.26. The third-order valence-corrected chi connectivity index (χ3v) is 2.08. The zero-order valence-electron chi connectivity index (χ0n) is 7.20. The van der Waals surface area contributed by atoms with E-state index in [1.807, 2.05) is 0 Å². The minimum absolute atomic E-state index is 0.440. The van der Waals surface area contributed by atoms with Gasteiger partial charge < -0.3 is 29.9 Å². The molecule has 0 radical (unpaired) electrons. The zero-order chi connectivity index (χ0) is 10.0. The van der Waals surface area contributed by atoms with Crippen molar-refractivity contribution in [3.8, 4) is 0 Å². The molecule has 1 fully saturated rings. The highest BCUT2D eigenvalue weighted by atomic mass is 16.7. The molecule has 0 saturated carbocycles. The molecule has 6 heteroatoms. The van der Waals surface area contributed by atoms with Crippen molar-refractivity contribution in [1.29, 1.82) is 0 Å². The lowest BCUT2D eigenvalue weighted by Crippen LogP contribution is -2.58. The average molecular weight is 194 g/mol. The van der Waals surface area contributed by atoms with Crippen LogP contribution in [0.5, 0.6) is 0 Å². The lowest BCUT2D eigenvalue weighted by molar-refractivity contribution is -0.294. The first kappa shape index (κ1) is 10.8. The van der Waals surface area contributed by atoms with Gasteiger partial charge in [0.1, 0.15) is 24.4 Å². The van der Waals surface area contributed by atoms with Crippen LogP contribution in [0.2, 0.25) is 0 Å². The molecule has 78 valence electrons. The smallest absolute Gasteiger partial charge is 0.186 e. The molecule has 1 unspecified atom stereocenters. The zero-order valence-corrected chi connectivity index (χ0v) is 7.20. The molecule has 13 heavy (non-hydrogen) atoms. The second-order valence-electron chi connectivity index (χ2n) is 2.93. The standard InChI is InChI=1S/C7H14O6/c1-12-7-6(11)5(10)4(9)3(2-8)13-7/h3-11H,2H2,1H3/t3-,4+,5+,6-,7?/m1/s1. The summed E-state index contributed by atoms with van der Waals surface area (Å²) < 4.78 is 9.65. The maximum absolute atomic E-state index is 9.28. The van der Waals surface area contributed by atoms with Gasteiger partial charge >= 0.3 is 0 Å². The summed E-state index contributed by atoms with van der Waals surface area (Å²) in [5.41, 5.74) is 0. The monoisotopic (exact) mass is 194 g/mol. The third-order valence-electron chi connectivity index (χ3n) is 2.08. The molecule has 5 atom stereocenters. The number of hydrogen-bond acceptors (Lipinski definition) is 6. The van der Waals surface area contributed by atoms with Crippen molar-refractivity contribution in [3.05, 3.63) is 0 Å². The predicted octanol–water partition coefficient (Wildman–Crippen LogP) is -2.57. The van der Waals surface area contributed by atoms with E-state index in [4.69, 9.17) is 14.6 Å². The summed E-state index contributed by atoms with van der Waals surface area (Å²) in [6.45, 7) is -0.440. The van der Waals surface area contributed by atoms with E-state index in [2.05, 4.69) is 0 Å². The minimum Gasteiger partial charge on any atom is -0.394 e. The van der Waals surface area contributed by atoms with Gasteiger partial charge in [0, 0.05) is 7.11 Å². The van der Waals surface area contributed by atoms with Crippen LogP contribution in [0, 0.1) is 0 Å². The molecule has 0 bridgehead atoms. The first-order valence-corrected chi connectivity index (χ1v) is 3.95. The van der Waals surface area contributed by atoms with Crippen molar-refractivity contribution >= 4 is 0 Å². The Morgan fingerprint density at radius 3 is 2.23 bits per heavy atom. The maximum atomic E-state index is 9.28. The fourth-order valence-electron chi connectivity index (χ4n) is 1.26. The highest BCUT2D eigenvalue weighted by Gasteiger charge is 2.43. The number of methoxy groups -OCH3 is 1. The third kappa shape index (κ3) is 1.98. The van der Waals surface area contributed by atoms with Crippen LogP contribution in [-0.4, -0.2) is 64.8 Å². The summed E-state index contributed by atoms with van der Waals surface area (Å²) in [5.74, 6) is 0. The number of hydrogen-bond donors (Lipinski definition) is 4. The van der Waals surface area contributed by atoms with Crippen LogP contribution < -0.4 is 0 Å². The summed E-state index contributed by atoms with van der Waals surface area (Å²) in [5, 5.41) is 36.6. The van der Waals surface area contributed by atoms with Crippen molar-refractivity contribution in [2.75, 3.05) is 13.7 Å². The molecule has 0 aliphatic carbocycles. The summed E-state index contributed by atoms with van der Waals surface area (Å²) in [7, 11) is 1.30. The molecule has 1 aliphatic rings. The Bertz CT molecular complexity index is 143. The first-order chi connectivity index (χ1) is 6.11. The number of aliphatic hydroxyl groups is 4. The van der Waals surface area contributed by atoms with E-state index in [1.165, 1.54) is 7.11 Å². The Kier molecular flexibility index (Phi) is 3.60. The van der Waals surface area contributed by atoms with Gasteiger partial charge in [-0.2, -0.15) is 0 Å². The molecular formula is C7H14O6. The lowest BCUT2D eigenvalue weighted by Gasteiger charge is -2.38. The van der Waals surface area contributed by atoms with E-state index in [9.17, 15) is 15.3 Å². The number of ether oxygens (including phenoxy) is 2. The molecule has 1 rings (SSSR count). The van der Waals surface area contributed by atoms with Gasteiger partial charge in [0.15, 0.2) is 6.29 Å². The van der Waals surface area contributed by atoms with Gasteiger partial charge in [0.25, 0.3) is 0 Å². The largest absolute Gasteiger partial charge is 0.394 e. The summed E-state index contributed by atoms with van der Waals surface area (Å²) in [6, 6.07) is 0. The van der Waals surface area contributed by atoms with Gasteiger partial charge in [-0.3, -0.25) is 0 Å². The van der Waals surface area contributed by atoms with Crippen LogP contribution in [0.4, 0.5) is 0 Å². The summed E-state index contributed by atoms with van der Waals surface area (Å²) >= 11 is 0. The van der Waals surface area contributed by atoms with Gasteiger partial charge in [-0.05, 0) is 0 Å². The van der Waals surface area contributed by atoms with Gasteiger partial charge in [-0.25, -0.2) is 0 Å². The van der Waals surface area contributed by atoms with Crippen molar-refractivity contribution in [2.24, 2.45) is 0 Å². The van der Waals surface area contributed by atoms with Crippen LogP contribution in [0.3, 0.4) is 0 Å². The fraction of sp³-hybridized carbons (Fsp3) is 1.00. The van der Waals surface area contributed by atoms with E-state index < -0.39 is 37.3 Å². The van der Waals surface area contributed by atoms with Crippen molar-refractivity contribution in [1.82, 2.24) is 0 Å². The molecule has 0 spiro atoms. The summed E-state index contributed by atoms with van der Waals surface area (Å²) in [4.78, 5) is 0. The van der Waals surface area contributed by atoms with E-state index >= 15 is 0 Å². The van der Waals surface area contributed by atoms with E-state index in [0.29, 0.717) is 0 Å². The Morgan fingerprint density at radius 1 is 1.15 bits per heavy atom. The molecule has 4 N–H and O–H groups in total. The highest BCUT2D eigenvalue weighted by molar-refractivity contribution is 4.88. The second kappa shape index (κ2) is 4.32. The molecule has 0 aromatic heterocycles. The van der Waals surface area contributed by atoms with Gasteiger partial charge in [-0.1, -0.05) is 0 Å². The Balaban J connectivity index is 2.66. The van der Waals surface area contributed by atoms with Crippen molar-refractivity contribution in [3.63, 3.8) is 0 Å². The highest BCUT2D eigenvalue weighted by Crippen LogP contribution is 2.20. The molecule has 1 aliphatic heterocycles. The van der Waals surface area contributed by atoms with E-state index in [-0.39, 0.29) is 0 Å². The van der Waals surface area contributed by atoms with Crippen LogP contribution >= 0.6 is 0 Å².